The molecule has 1 atom stereocenters. The Bertz CT molecular complexity index is 689. The lowest BCUT2D eigenvalue weighted by molar-refractivity contribution is -0.384. The van der Waals surface area contributed by atoms with Crippen LogP contribution in [0.5, 0.6) is 0 Å². The Morgan fingerprint density at radius 3 is 2.62 bits per heavy atom. The van der Waals surface area contributed by atoms with E-state index in [1.807, 2.05) is 25.1 Å². The van der Waals surface area contributed by atoms with Crippen LogP contribution in [0.4, 0.5) is 11.4 Å². The number of carbonyl (C=O) groups excluding carboxylic acids is 1. The fourth-order valence-electron chi connectivity index (χ4n) is 2.34. The predicted octanol–water partition coefficient (Wildman–Crippen LogP) is 3.14. The van der Waals surface area contributed by atoms with Crippen molar-refractivity contribution in [3.8, 4) is 0 Å². The molecular formula is C18H21N3O3. The molecule has 2 N–H and O–H groups in total. The van der Waals surface area contributed by atoms with E-state index >= 15 is 0 Å². The van der Waals surface area contributed by atoms with E-state index in [9.17, 15) is 14.9 Å². The molecule has 2 rings (SSSR count). The zero-order valence-corrected chi connectivity index (χ0v) is 13.6. The Morgan fingerprint density at radius 1 is 1.17 bits per heavy atom. The van der Waals surface area contributed by atoms with Gasteiger partial charge in [-0.3, -0.25) is 14.9 Å². The third kappa shape index (κ3) is 5.72. The van der Waals surface area contributed by atoms with Gasteiger partial charge in [-0.25, -0.2) is 0 Å². The highest BCUT2D eigenvalue weighted by atomic mass is 16.6. The van der Waals surface area contributed by atoms with Gasteiger partial charge in [0.25, 0.3) is 5.69 Å². The fourth-order valence-corrected chi connectivity index (χ4v) is 2.34. The fraction of sp³-hybridized carbons (Fsp3) is 0.278. The Kier molecular flexibility index (Phi) is 6.31. The molecule has 2 aromatic rings. The lowest BCUT2D eigenvalue weighted by atomic mass is 10.1. The summed E-state index contributed by atoms with van der Waals surface area (Å²) >= 11 is 0. The molecule has 6 nitrogen and oxygen atoms in total. The van der Waals surface area contributed by atoms with Crippen LogP contribution in [0.3, 0.4) is 0 Å². The topological polar surface area (TPSA) is 84.3 Å². The summed E-state index contributed by atoms with van der Waals surface area (Å²) in [5.74, 6) is -0.137. The SMILES string of the molecule is CC(CCc1ccccc1)NC(=O)CNc1cccc([N+](=O)[O-])c1. The summed E-state index contributed by atoms with van der Waals surface area (Å²) in [5.41, 5.74) is 1.79. The number of hydrogen-bond acceptors (Lipinski definition) is 4. The Labute approximate surface area is 141 Å². The number of nitrogens with one attached hydrogen (secondary N) is 2. The molecule has 0 bridgehead atoms. The molecule has 0 aliphatic heterocycles. The number of benzene rings is 2. The molecule has 1 unspecified atom stereocenters. The zero-order chi connectivity index (χ0) is 17.4. The standard InChI is InChI=1S/C18H21N3O3/c1-14(10-11-15-6-3-2-4-7-15)20-18(22)13-19-16-8-5-9-17(12-16)21(23)24/h2-9,12,14,19H,10-11,13H2,1H3,(H,20,22). The number of nitrogens with zero attached hydrogens (tertiary/aromatic N) is 1. The molecule has 0 aliphatic carbocycles. The van der Waals surface area contributed by atoms with Crippen molar-refractivity contribution in [2.75, 3.05) is 11.9 Å². The molecule has 0 fully saturated rings. The normalized spacial score (nSPS) is 11.5. The van der Waals surface area contributed by atoms with Gasteiger partial charge in [0.15, 0.2) is 0 Å². The number of hydrogen-bond donors (Lipinski definition) is 2. The van der Waals surface area contributed by atoms with Crippen molar-refractivity contribution >= 4 is 17.3 Å². The summed E-state index contributed by atoms with van der Waals surface area (Å²) in [5, 5.41) is 16.5. The first-order valence-corrected chi connectivity index (χ1v) is 7.86. The Hall–Kier alpha value is -2.89. The largest absolute Gasteiger partial charge is 0.376 e. The Morgan fingerprint density at radius 2 is 1.92 bits per heavy atom. The van der Waals surface area contributed by atoms with Crippen LogP contribution in [0.1, 0.15) is 18.9 Å². The lowest BCUT2D eigenvalue weighted by Crippen LogP contribution is -2.36. The molecule has 24 heavy (non-hydrogen) atoms. The molecule has 0 spiro atoms. The van der Waals surface area contributed by atoms with Crippen LogP contribution in [0.25, 0.3) is 0 Å². The molecule has 2 aromatic carbocycles. The van der Waals surface area contributed by atoms with Crippen LogP contribution in [0.2, 0.25) is 0 Å². The summed E-state index contributed by atoms with van der Waals surface area (Å²) in [6, 6.07) is 16.3. The van der Waals surface area contributed by atoms with E-state index in [2.05, 4.69) is 22.8 Å². The first kappa shape index (κ1) is 17.5. The number of rotatable bonds is 8. The molecule has 1 amide bonds. The van der Waals surface area contributed by atoms with Crippen molar-refractivity contribution in [3.05, 3.63) is 70.3 Å². The van der Waals surface area contributed by atoms with E-state index in [4.69, 9.17) is 0 Å². The highest BCUT2D eigenvalue weighted by Gasteiger charge is 2.09. The second kappa shape index (κ2) is 8.67. The van der Waals surface area contributed by atoms with Gasteiger partial charge in [0.1, 0.15) is 0 Å². The van der Waals surface area contributed by atoms with E-state index in [1.54, 1.807) is 12.1 Å². The number of nitro groups is 1. The summed E-state index contributed by atoms with van der Waals surface area (Å²) in [4.78, 5) is 22.2. The van der Waals surface area contributed by atoms with Gasteiger partial charge in [0, 0.05) is 23.9 Å². The number of anilines is 1. The third-order valence-electron chi connectivity index (χ3n) is 3.63. The van der Waals surface area contributed by atoms with E-state index in [0.29, 0.717) is 5.69 Å². The van der Waals surface area contributed by atoms with Crippen molar-refractivity contribution in [3.63, 3.8) is 0 Å². The number of carbonyl (C=O) groups is 1. The minimum absolute atomic E-state index is 0.00311. The van der Waals surface area contributed by atoms with Crippen LogP contribution in [-0.4, -0.2) is 23.4 Å². The lowest BCUT2D eigenvalue weighted by Gasteiger charge is -2.14. The highest BCUT2D eigenvalue weighted by Crippen LogP contribution is 2.16. The molecule has 0 saturated heterocycles. The van der Waals surface area contributed by atoms with Gasteiger partial charge in [0.05, 0.1) is 11.5 Å². The highest BCUT2D eigenvalue weighted by molar-refractivity contribution is 5.81. The zero-order valence-electron chi connectivity index (χ0n) is 13.6. The summed E-state index contributed by atoms with van der Waals surface area (Å²) in [7, 11) is 0. The average molecular weight is 327 g/mol. The summed E-state index contributed by atoms with van der Waals surface area (Å²) < 4.78 is 0. The van der Waals surface area contributed by atoms with Crippen LogP contribution < -0.4 is 10.6 Å². The van der Waals surface area contributed by atoms with Gasteiger partial charge >= 0.3 is 0 Å². The number of amides is 1. The summed E-state index contributed by atoms with van der Waals surface area (Å²) in [6.45, 7) is 2.05. The molecule has 126 valence electrons. The van der Waals surface area contributed by atoms with Crippen LogP contribution in [0.15, 0.2) is 54.6 Å². The Balaban J connectivity index is 1.74. The van der Waals surface area contributed by atoms with Gasteiger partial charge in [-0.05, 0) is 31.4 Å². The minimum Gasteiger partial charge on any atom is -0.376 e. The number of nitro benzene ring substituents is 1. The van der Waals surface area contributed by atoms with Crippen molar-refractivity contribution < 1.29 is 9.72 Å². The molecule has 0 saturated carbocycles. The van der Waals surface area contributed by atoms with Gasteiger partial charge in [-0.2, -0.15) is 0 Å². The van der Waals surface area contributed by atoms with Crippen molar-refractivity contribution in [2.24, 2.45) is 0 Å². The minimum atomic E-state index is -0.461. The molecule has 0 aliphatic rings. The quantitative estimate of drug-likeness (QED) is 0.576. The van der Waals surface area contributed by atoms with Gasteiger partial charge in [-0.15, -0.1) is 0 Å². The number of non-ortho nitro benzene ring substituents is 1. The van der Waals surface area contributed by atoms with E-state index < -0.39 is 4.92 Å². The van der Waals surface area contributed by atoms with Gasteiger partial charge in [0.2, 0.25) is 5.91 Å². The molecular weight excluding hydrogens is 306 g/mol. The predicted molar refractivity (Wildman–Crippen MR) is 94.0 cm³/mol. The van der Waals surface area contributed by atoms with E-state index in [-0.39, 0.29) is 24.2 Å². The maximum atomic E-state index is 11.9. The maximum Gasteiger partial charge on any atom is 0.271 e. The maximum absolute atomic E-state index is 11.9. The van der Waals surface area contributed by atoms with Gasteiger partial charge < -0.3 is 10.6 Å². The monoisotopic (exact) mass is 327 g/mol. The van der Waals surface area contributed by atoms with Crippen molar-refractivity contribution in [1.29, 1.82) is 0 Å². The average Bonchev–Trinajstić information content (AvgIpc) is 2.59. The van der Waals surface area contributed by atoms with Crippen LogP contribution in [0, 0.1) is 10.1 Å². The molecule has 6 heteroatoms. The first-order chi connectivity index (χ1) is 11.5. The second-order valence-corrected chi connectivity index (χ2v) is 5.65. The second-order valence-electron chi connectivity index (χ2n) is 5.65. The van der Waals surface area contributed by atoms with Crippen molar-refractivity contribution in [1.82, 2.24) is 5.32 Å². The molecule has 0 aromatic heterocycles. The van der Waals surface area contributed by atoms with Crippen LogP contribution in [-0.2, 0) is 11.2 Å². The molecule has 0 radical (unpaired) electrons. The van der Waals surface area contributed by atoms with Gasteiger partial charge in [-0.1, -0.05) is 36.4 Å². The number of aryl methyl sites for hydroxylation is 1. The molecule has 0 heterocycles. The van der Waals surface area contributed by atoms with Crippen molar-refractivity contribution in [2.45, 2.75) is 25.8 Å². The third-order valence-corrected chi connectivity index (χ3v) is 3.63. The summed E-state index contributed by atoms with van der Waals surface area (Å²) in [6.07, 6.45) is 1.76. The smallest absolute Gasteiger partial charge is 0.271 e. The van der Waals surface area contributed by atoms with E-state index in [1.165, 1.54) is 17.7 Å². The van der Waals surface area contributed by atoms with Crippen LogP contribution >= 0.6 is 0 Å². The van der Waals surface area contributed by atoms with E-state index in [0.717, 1.165) is 12.8 Å². The first-order valence-electron chi connectivity index (χ1n) is 7.86.